The zero-order chi connectivity index (χ0) is 12.7. The Kier molecular flexibility index (Phi) is 6.46. The highest BCUT2D eigenvalue weighted by Crippen LogP contribution is 2.23. The molecule has 0 aliphatic carbocycles. The molecule has 2 rings (SSSR count). The van der Waals surface area contributed by atoms with Crippen LogP contribution in [0.15, 0.2) is 18.3 Å². The molecule has 1 fully saturated rings. The Hall–Kier alpha value is -0.660. The molecule has 96 valence electrons. The second kappa shape index (κ2) is 7.62. The Morgan fingerprint density at radius 1 is 1.18 bits per heavy atom. The average molecular weight is 253 g/mol. The summed E-state index contributed by atoms with van der Waals surface area (Å²) in [7, 11) is -0.0188. The fraction of sp³-hybridized carbons (Fsp3) is 0.615. The minimum atomic E-state index is -0.0188. The van der Waals surface area contributed by atoms with Crippen molar-refractivity contribution in [3.05, 3.63) is 18.3 Å². The summed E-state index contributed by atoms with van der Waals surface area (Å²) in [6, 6.07) is 4.37. The molecule has 0 aromatic carbocycles. The van der Waals surface area contributed by atoms with E-state index < -0.39 is 0 Å². The molecule has 0 unspecified atom stereocenters. The van der Waals surface area contributed by atoms with E-state index in [0.717, 1.165) is 32.0 Å². The molecular weight excluding hydrogens is 229 g/mol. The topological polar surface area (TPSA) is 28.2 Å². The maximum Gasteiger partial charge on any atom is 0.128 e. The van der Waals surface area contributed by atoms with E-state index in [1.165, 1.54) is 5.30 Å². The lowest BCUT2D eigenvalue weighted by Gasteiger charge is -2.28. The van der Waals surface area contributed by atoms with Crippen molar-refractivity contribution in [1.29, 1.82) is 0 Å². The van der Waals surface area contributed by atoms with Crippen LogP contribution in [0.4, 0.5) is 5.82 Å². The first kappa shape index (κ1) is 14.4. The molecule has 0 spiro atoms. The third kappa shape index (κ3) is 4.25. The molecule has 4 heteroatoms. The van der Waals surface area contributed by atoms with E-state index in [4.69, 9.17) is 0 Å². The molecule has 2 heterocycles. The largest absolute Gasteiger partial charge is 0.354 e. The Balaban J connectivity index is 0.000000686. The number of hydrogen-bond donors (Lipinski definition) is 1. The van der Waals surface area contributed by atoms with Crippen LogP contribution < -0.4 is 15.5 Å². The molecule has 1 aliphatic rings. The van der Waals surface area contributed by atoms with Crippen LogP contribution in [0.1, 0.15) is 13.8 Å². The molecule has 1 saturated heterocycles. The first-order chi connectivity index (χ1) is 8.27. The van der Waals surface area contributed by atoms with Crippen molar-refractivity contribution >= 4 is 19.0 Å². The van der Waals surface area contributed by atoms with E-state index in [0.29, 0.717) is 0 Å². The van der Waals surface area contributed by atoms with Crippen LogP contribution in [-0.2, 0) is 0 Å². The van der Waals surface area contributed by atoms with Crippen LogP contribution in [0.25, 0.3) is 0 Å². The summed E-state index contributed by atoms with van der Waals surface area (Å²) in [4.78, 5) is 6.88. The molecule has 1 aromatic rings. The summed E-state index contributed by atoms with van der Waals surface area (Å²) in [5.74, 6) is 1.12. The fourth-order valence-electron chi connectivity index (χ4n) is 1.72. The molecule has 1 aromatic heterocycles. The van der Waals surface area contributed by atoms with Gasteiger partial charge in [-0.15, -0.1) is 0 Å². The number of anilines is 1. The molecule has 1 aliphatic heterocycles. The lowest BCUT2D eigenvalue weighted by molar-refractivity contribution is 0.585. The number of aromatic nitrogens is 1. The van der Waals surface area contributed by atoms with Gasteiger partial charge in [-0.05, 0) is 30.8 Å². The van der Waals surface area contributed by atoms with Gasteiger partial charge in [-0.1, -0.05) is 21.8 Å². The Morgan fingerprint density at radius 2 is 1.82 bits per heavy atom. The molecular formula is C13H24N3P. The predicted molar refractivity (Wildman–Crippen MR) is 79.1 cm³/mol. The van der Waals surface area contributed by atoms with Crippen molar-refractivity contribution in [3.63, 3.8) is 0 Å². The van der Waals surface area contributed by atoms with Gasteiger partial charge in [0.1, 0.15) is 5.82 Å². The van der Waals surface area contributed by atoms with Crippen LogP contribution in [0.2, 0.25) is 0 Å². The Labute approximate surface area is 106 Å². The standard InChI is InChI=1S/C11H18N3P.C2H6/c1-15(2)10-3-4-11(13-9-10)14-7-5-12-6-8-14;1-2/h3-4,9,12H,5-8H2,1-2H3;1-2H3. The number of nitrogens with one attached hydrogen (secondary N) is 1. The summed E-state index contributed by atoms with van der Waals surface area (Å²) in [6.07, 6.45) is 2.03. The molecule has 0 bridgehead atoms. The van der Waals surface area contributed by atoms with Crippen LogP contribution in [0.5, 0.6) is 0 Å². The minimum Gasteiger partial charge on any atom is -0.354 e. The molecule has 0 saturated carbocycles. The van der Waals surface area contributed by atoms with Gasteiger partial charge in [0, 0.05) is 32.4 Å². The van der Waals surface area contributed by atoms with Gasteiger partial charge in [-0.3, -0.25) is 0 Å². The fourth-order valence-corrected chi connectivity index (χ4v) is 2.39. The number of rotatable bonds is 2. The van der Waals surface area contributed by atoms with Crippen LogP contribution >= 0.6 is 7.92 Å². The zero-order valence-corrected chi connectivity index (χ0v) is 12.3. The molecule has 17 heavy (non-hydrogen) atoms. The van der Waals surface area contributed by atoms with Gasteiger partial charge in [0.2, 0.25) is 0 Å². The molecule has 1 N–H and O–H groups in total. The number of hydrogen-bond acceptors (Lipinski definition) is 3. The summed E-state index contributed by atoms with van der Waals surface area (Å²) < 4.78 is 0. The smallest absolute Gasteiger partial charge is 0.128 e. The van der Waals surface area contributed by atoms with Crippen LogP contribution in [0.3, 0.4) is 0 Å². The second-order valence-electron chi connectivity index (χ2n) is 4.01. The van der Waals surface area contributed by atoms with E-state index >= 15 is 0 Å². The van der Waals surface area contributed by atoms with Gasteiger partial charge < -0.3 is 10.2 Å². The van der Waals surface area contributed by atoms with Gasteiger partial charge in [0.15, 0.2) is 0 Å². The van der Waals surface area contributed by atoms with Gasteiger partial charge in [-0.2, -0.15) is 0 Å². The number of nitrogens with zero attached hydrogens (tertiary/aromatic N) is 2. The van der Waals surface area contributed by atoms with Gasteiger partial charge in [-0.25, -0.2) is 4.98 Å². The molecule has 0 amide bonds. The van der Waals surface area contributed by atoms with Crippen molar-refractivity contribution in [2.75, 3.05) is 44.4 Å². The van der Waals surface area contributed by atoms with Crippen molar-refractivity contribution in [2.24, 2.45) is 0 Å². The number of piperazine rings is 1. The average Bonchev–Trinajstić information content (AvgIpc) is 2.42. The predicted octanol–water partition coefficient (Wildman–Crippen LogP) is 1.88. The van der Waals surface area contributed by atoms with Crippen molar-refractivity contribution in [3.8, 4) is 0 Å². The summed E-state index contributed by atoms with van der Waals surface area (Å²) in [6.45, 7) is 12.8. The van der Waals surface area contributed by atoms with Crippen LogP contribution in [-0.4, -0.2) is 44.5 Å². The highest BCUT2D eigenvalue weighted by Gasteiger charge is 2.11. The summed E-state index contributed by atoms with van der Waals surface area (Å²) in [5, 5.41) is 4.73. The zero-order valence-electron chi connectivity index (χ0n) is 11.4. The van der Waals surface area contributed by atoms with Gasteiger partial charge in [0.25, 0.3) is 0 Å². The van der Waals surface area contributed by atoms with E-state index in [9.17, 15) is 0 Å². The number of pyridine rings is 1. The van der Waals surface area contributed by atoms with Crippen molar-refractivity contribution in [1.82, 2.24) is 10.3 Å². The van der Waals surface area contributed by atoms with Crippen molar-refractivity contribution in [2.45, 2.75) is 13.8 Å². The van der Waals surface area contributed by atoms with E-state index in [1.807, 2.05) is 20.0 Å². The lowest BCUT2D eigenvalue weighted by atomic mass is 10.3. The first-order valence-electron chi connectivity index (χ1n) is 6.36. The molecule has 0 atom stereocenters. The maximum absolute atomic E-state index is 4.54. The van der Waals surface area contributed by atoms with E-state index in [-0.39, 0.29) is 7.92 Å². The normalized spacial score (nSPS) is 15.5. The van der Waals surface area contributed by atoms with E-state index in [2.05, 4.69) is 40.7 Å². The third-order valence-electron chi connectivity index (χ3n) is 2.69. The summed E-state index contributed by atoms with van der Waals surface area (Å²) in [5.41, 5.74) is 0. The minimum absolute atomic E-state index is 0.0188. The van der Waals surface area contributed by atoms with Crippen molar-refractivity contribution < 1.29 is 0 Å². The first-order valence-corrected chi connectivity index (χ1v) is 8.60. The van der Waals surface area contributed by atoms with Crippen LogP contribution in [0, 0.1) is 0 Å². The lowest BCUT2D eigenvalue weighted by Crippen LogP contribution is -2.43. The Bertz CT molecular complexity index is 305. The highest BCUT2D eigenvalue weighted by molar-refractivity contribution is 7.64. The SMILES string of the molecule is CC.CP(C)c1ccc(N2CCNCC2)nc1. The summed E-state index contributed by atoms with van der Waals surface area (Å²) >= 11 is 0. The molecule has 3 nitrogen and oxygen atoms in total. The third-order valence-corrected chi connectivity index (χ3v) is 3.99. The second-order valence-corrected chi connectivity index (χ2v) is 6.31. The van der Waals surface area contributed by atoms with E-state index in [1.54, 1.807) is 0 Å². The molecule has 0 radical (unpaired) electrons. The quantitative estimate of drug-likeness (QED) is 0.816. The Morgan fingerprint density at radius 3 is 2.29 bits per heavy atom. The van der Waals surface area contributed by atoms with Gasteiger partial charge in [0.05, 0.1) is 0 Å². The highest BCUT2D eigenvalue weighted by atomic mass is 31.1. The van der Waals surface area contributed by atoms with Gasteiger partial charge >= 0.3 is 0 Å². The maximum atomic E-state index is 4.54. The monoisotopic (exact) mass is 253 g/mol.